The van der Waals surface area contributed by atoms with E-state index in [0.29, 0.717) is 6.61 Å². The van der Waals surface area contributed by atoms with E-state index in [9.17, 15) is 9.59 Å². The fourth-order valence-corrected chi connectivity index (χ4v) is 2.69. The maximum absolute atomic E-state index is 11.7. The number of rotatable bonds is 15. The van der Waals surface area contributed by atoms with Crippen LogP contribution < -0.4 is 0 Å². The van der Waals surface area contributed by atoms with Gasteiger partial charge in [-0.15, -0.1) is 0 Å². The highest BCUT2D eigenvalue weighted by atomic mass is 16.5. The van der Waals surface area contributed by atoms with Gasteiger partial charge in [0, 0.05) is 0 Å². The lowest BCUT2D eigenvalue weighted by atomic mass is 9.86. The van der Waals surface area contributed by atoms with E-state index in [1.165, 1.54) is 51.4 Å². The molecule has 0 rings (SSSR count). The molecule has 0 amide bonds. The molecule has 0 heterocycles. The van der Waals surface area contributed by atoms with Gasteiger partial charge in [-0.1, -0.05) is 78.6 Å². The molecule has 0 spiro atoms. The molecule has 0 unspecified atom stereocenters. The summed E-state index contributed by atoms with van der Waals surface area (Å²) in [6.45, 7) is 6.25. The van der Waals surface area contributed by atoms with Crippen LogP contribution in [0.15, 0.2) is 0 Å². The molecule has 0 radical (unpaired) electrons. The van der Waals surface area contributed by atoms with Crippen molar-refractivity contribution in [3.8, 4) is 0 Å². The number of hydrogen-bond acceptors (Lipinski definition) is 3. The van der Waals surface area contributed by atoms with E-state index < -0.39 is 11.4 Å². The van der Waals surface area contributed by atoms with Gasteiger partial charge in [0.2, 0.25) is 0 Å². The number of carboxylic acid groups (broad SMARTS) is 1. The average Bonchev–Trinajstić information content (AvgIpc) is 2.42. The minimum absolute atomic E-state index is 0.0135. The zero-order chi connectivity index (χ0) is 17.6. The van der Waals surface area contributed by atoms with Crippen LogP contribution in [0.2, 0.25) is 0 Å². The molecule has 0 saturated carbocycles. The molecule has 4 nitrogen and oxygen atoms in total. The maximum Gasteiger partial charge on any atom is 0.306 e. The third kappa shape index (κ3) is 15.6. The van der Waals surface area contributed by atoms with E-state index in [2.05, 4.69) is 6.92 Å². The lowest BCUT2D eigenvalue weighted by molar-refractivity contribution is -0.147. The second-order valence-corrected chi connectivity index (χ2v) is 7.31. The summed E-state index contributed by atoms with van der Waals surface area (Å²) in [7, 11) is 0. The van der Waals surface area contributed by atoms with Crippen molar-refractivity contribution in [1.29, 1.82) is 0 Å². The number of esters is 1. The van der Waals surface area contributed by atoms with Crippen molar-refractivity contribution in [2.45, 2.75) is 97.8 Å². The molecule has 0 fully saturated rings. The van der Waals surface area contributed by atoms with Crippen molar-refractivity contribution in [2.75, 3.05) is 6.61 Å². The zero-order valence-electron chi connectivity index (χ0n) is 15.4. The highest BCUT2D eigenvalue weighted by Gasteiger charge is 2.25. The molecular formula is C19H36O4. The first-order valence-corrected chi connectivity index (χ1v) is 9.25. The Bertz CT molecular complexity index is 323. The minimum atomic E-state index is -0.877. The minimum Gasteiger partial charge on any atom is -0.481 e. The number of carboxylic acids is 1. The van der Waals surface area contributed by atoms with Gasteiger partial charge in [0.25, 0.3) is 0 Å². The topological polar surface area (TPSA) is 63.6 Å². The van der Waals surface area contributed by atoms with E-state index >= 15 is 0 Å². The van der Waals surface area contributed by atoms with Crippen LogP contribution in [0, 0.1) is 5.41 Å². The number of unbranched alkanes of at least 4 members (excludes halogenated alkanes) is 9. The summed E-state index contributed by atoms with van der Waals surface area (Å²) < 4.78 is 5.20. The Hall–Kier alpha value is -1.06. The first kappa shape index (κ1) is 21.9. The number of hydrogen-bond donors (Lipinski definition) is 1. The van der Waals surface area contributed by atoms with E-state index in [1.807, 2.05) is 0 Å². The van der Waals surface area contributed by atoms with Gasteiger partial charge in [-0.05, 0) is 11.8 Å². The van der Waals surface area contributed by atoms with Crippen LogP contribution in [0.1, 0.15) is 97.8 Å². The van der Waals surface area contributed by atoms with Crippen LogP contribution in [0.25, 0.3) is 0 Å². The molecule has 0 aliphatic heterocycles. The van der Waals surface area contributed by atoms with Crippen LogP contribution in [-0.4, -0.2) is 23.7 Å². The third-order valence-corrected chi connectivity index (χ3v) is 4.01. The van der Waals surface area contributed by atoms with Crippen molar-refractivity contribution >= 4 is 11.9 Å². The van der Waals surface area contributed by atoms with Gasteiger partial charge in [-0.25, -0.2) is 0 Å². The van der Waals surface area contributed by atoms with Crippen LogP contribution in [0.4, 0.5) is 0 Å². The number of carbonyl (C=O) groups is 2. The zero-order valence-corrected chi connectivity index (χ0v) is 15.4. The fourth-order valence-electron chi connectivity index (χ4n) is 2.69. The molecule has 136 valence electrons. The highest BCUT2D eigenvalue weighted by molar-refractivity contribution is 5.73. The lowest BCUT2D eigenvalue weighted by Gasteiger charge is -2.20. The summed E-state index contributed by atoms with van der Waals surface area (Å²) in [5, 5.41) is 8.79. The van der Waals surface area contributed by atoms with Gasteiger partial charge in [-0.2, -0.15) is 0 Å². The first-order valence-electron chi connectivity index (χ1n) is 9.25. The van der Waals surface area contributed by atoms with Gasteiger partial charge in [0.15, 0.2) is 0 Å². The van der Waals surface area contributed by atoms with Crippen molar-refractivity contribution < 1.29 is 19.4 Å². The SMILES string of the molecule is CCCCCCCCCCCCOC(=O)CC(C)(C)CC(=O)O. The molecule has 23 heavy (non-hydrogen) atoms. The largest absolute Gasteiger partial charge is 0.481 e. The van der Waals surface area contributed by atoms with Crippen LogP contribution >= 0.6 is 0 Å². The van der Waals surface area contributed by atoms with Gasteiger partial charge < -0.3 is 9.84 Å². The molecule has 4 heteroatoms. The normalized spacial score (nSPS) is 11.4. The summed E-state index contributed by atoms with van der Waals surface area (Å²) in [6.07, 6.45) is 12.7. The van der Waals surface area contributed by atoms with Crippen molar-refractivity contribution in [3.05, 3.63) is 0 Å². The molecule has 0 bridgehead atoms. The Balaban J connectivity index is 3.44. The predicted octanol–water partition coefficient (Wildman–Crippen LogP) is 5.34. The van der Waals surface area contributed by atoms with Crippen LogP contribution in [-0.2, 0) is 14.3 Å². The average molecular weight is 328 g/mol. The number of carbonyl (C=O) groups excluding carboxylic acids is 1. The van der Waals surface area contributed by atoms with Crippen LogP contribution in [0.5, 0.6) is 0 Å². The van der Waals surface area contributed by atoms with Crippen molar-refractivity contribution in [3.63, 3.8) is 0 Å². The van der Waals surface area contributed by atoms with E-state index in [1.54, 1.807) is 13.8 Å². The Kier molecular flexibility index (Phi) is 12.8. The predicted molar refractivity (Wildman–Crippen MR) is 93.5 cm³/mol. The van der Waals surface area contributed by atoms with Crippen molar-refractivity contribution in [2.24, 2.45) is 5.41 Å². The van der Waals surface area contributed by atoms with Crippen molar-refractivity contribution in [1.82, 2.24) is 0 Å². The Labute approximate surface area is 142 Å². The molecular weight excluding hydrogens is 292 g/mol. The van der Waals surface area contributed by atoms with E-state index in [4.69, 9.17) is 9.84 Å². The standard InChI is InChI=1S/C19H36O4/c1-4-5-6-7-8-9-10-11-12-13-14-23-18(22)16-19(2,3)15-17(20)21/h4-16H2,1-3H3,(H,20,21). The molecule has 0 atom stereocenters. The molecule has 0 aliphatic rings. The van der Waals surface area contributed by atoms with Gasteiger partial charge in [-0.3, -0.25) is 9.59 Å². The summed E-state index contributed by atoms with van der Waals surface area (Å²) in [5.41, 5.74) is -0.541. The second-order valence-electron chi connectivity index (χ2n) is 7.31. The molecule has 0 aromatic carbocycles. The Morgan fingerprint density at radius 2 is 1.30 bits per heavy atom. The third-order valence-electron chi connectivity index (χ3n) is 4.01. The molecule has 0 aromatic heterocycles. The Morgan fingerprint density at radius 3 is 1.78 bits per heavy atom. The monoisotopic (exact) mass is 328 g/mol. The molecule has 0 aliphatic carbocycles. The lowest BCUT2D eigenvalue weighted by Crippen LogP contribution is -2.22. The van der Waals surface area contributed by atoms with E-state index in [0.717, 1.165) is 12.8 Å². The van der Waals surface area contributed by atoms with Gasteiger partial charge in [0.05, 0.1) is 19.4 Å². The summed E-state index contributed by atoms with van der Waals surface area (Å²) in [4.78, 5) is 22.4. The molecule has 0 aromatic rings. The highest BCUT2D eigenvalue weighted by Crippen LogP contribution is 2.25. The summed E-state index contributed by atoms with van der Waals surface area (Å²) in [6, 6.07) is 0. The number of aliphatic carboxylic acids is 1. The van der Waals surface area contributed by atoms with Gasteiger partial charge >= 0.3 is 11.9 Å². The fraction of sp³-hybridized carbons (Fsp3) is 0.895. The van der Waals surface area contributed by atoms with Crippen LogP contribution in [0.3, 0.4) is 0 Å². The second kappa shape index (κ2) is 13.4. The van der Waals surface area contributed by atoms with Gasteiger partial charge in [0.1, 0.15) is 0 Å². The quantitative estimate of drug-likeness (QED) is 0.325. The maximum atomic E-state index is 11.7. The number of ether oxygens (including phenoxy) is 1. The molecule has 1 N–H and O–H groups in total. The first-order chi connectivity index (χ1) is 10.9. The summed E-state index contributed by atoms with van der Waals surface area (Å²) >= 11 is 0. The molecule has 0 saturated heterocycles. The smallest absolute Gasteiger partial charge is 0.306 e. The van der Waals surface area contributed by atoms with E-state index in [-0.39, 0.29) is 18.8 Å². The summed E-state index contributed by atoms with van der Waals surface area (Å²) in [5.74, 6) is -1.16. The Morgan fingerprint density at radius 1 is 0.826 bits per heavy atom.